The summed E-state index contributed by atoms with van der Waals surface area (Å²) in [5.74, 6) is 0. The highest BCUT2D eigenvalue weighted by Crippen LogP contribution is 2.30. The molecule has 1 heterocycles. The number of para-hydroxylation sites is 2. The van der Waals surface area contributed by atoms with Crippen molar-refractivity contribution in [2.45, 2.75) is 6.17 Å². The van der Waals surface area contributed by atoms with Gasteiger partial charge in [-0.25, -0.2) is 0 Å². The minimum atomic E-state index is 0.0228. The van der Waals surface area contributed by atoms with Crippen molar-refractivity contribution < 1.29 is 0 Å². The molecule has 3 aromatic rings. The van der Waals surface area contributed by atoms with Gasteiger partial charge in [0.05, 0.1) is 0 Å². The van der Waals surface area contributed by atoms with Gasteiger partial charge in [-0.15, -0.1) is 0 Å². The van der Waals surface area contributed by atoms with Crippen molar-refractivity contribution in [1.29, 1.82) is 0 Å². The second-order valence-corrected chi connectivity index (χ2v) is 7.13. The van der Waals surface area contributed by atoms with Gasteiger partial charge in [0.1, 0.15) is 11.9 Å². The molecule has 0 aromatic heterocycles. The lowest BCUT2D eigenvalue weighted by atomic mass is 10.1. The molecule has 0 atom stereocenters. The van der Waals surface area contributed by atoms with Crippen LogP contribution in [-0.2, 0) is 0 Å². The van der Waals surface area contributed by atoms with E-state index in [1.807, 2.05) is 19.1 Å². The minimum Gasteiger partial charge on any atom is -0.344 e. The summed E-state index contributed by atoms with van der Waals surface area (Å²) >= 11 is 0. The Morgan fingerprint density at radius 1 is 0.714 bits per heavy atom. The Morgan fingerprint density at radius 2 is 1.14 bits per heavy atom. The van der Waals surface area contributed by atoms with E-state index < -0.39 is 0 Å². The van der Waals surface area contributed by atoms with E-state index in [2.05, 4.69) is 101 Å². The average molecular weight is 371 g/mol. The summed E-state index contributed by atoms with van der Waals surface area (Å²) in [4.78, 5) is 4.89. The zero-order valence-electron chi connectivity index (χ0n) is 16.4. The number of nitrogens with zero attached hydrogens (tertiary/aromatic N) is 4. The number of anilines is 2. The van der Waals surface area contributed by atoms with Crippen LogP contribution in [0, 0.1) is 0 Å². The van der Waals surface area contributed by atoms with Crippen LogP contribution in [-0.4, -0.2) is 44.1 Å². The van der Waals surface area contributed by atoms with Crippen molar-refractivity contribution in [3.8, 4) is 0 Å². The summed E-state index contributed by atoms with van der Waals surface area (Å²) < 4.78 is 0. The third-order valence-corrected chi connectivity index (χ3v) is 4.97. The maximum atomic E-state index is 4.95. The van der Waals surface area contributed by atoms with Gasteiger partial charge in [-0.1, -0.05) is 66.7 Å². The standard InChI is InChI=1S/C24H26N4/c1-26(2)25-23(20-12-6-3-7-13-20)24-27(21-14-8-4-9-15-21)18-19-28(24)22-16-10-5-11-17-22/h3-17,24H,18-19H2,1-2H3. The van der Waals surface area contributed by atoms with Gasteiger partial charge in [-0.3, -0.25) is 0 Å². The number of rotatable bonds is 5. The zero-order chi connectivity index (χ0) is 19.3. The molecular weight excluding hydrogens is 344 g/mol. The maximum Gasteiger partial charge on any atom is 0.148 e. The fraction of sp³-hybridized carbons (Fsp3) is 0.208. The highest BCUT2D eigenvalue weighted by molar-refractivity contribution is 6.08. The summed E-state index contributed by atoms with van der Waals surface area (Å²) in [6, 6.07) is 31.8. The van der Waals surface area contributed by atoms with E-state index in [0.717, 1.165) is 24.4 Å². The molecule has 1 aliphatic heterocycles. The lowest BCUT2D eigenvalue weighted by Crippen LogP contribution is -2.46. The molecule has 28 heavy (non-hydrogen) atoms. The first-order valence-corrected chi connectivity index (χ1v) is 9.68. The molecule has 3 aromatic carbocycles. The Bertz CT molecular complexity index is 860. The third kappa shape index (κ3) is 3.72. The van der Waals surface area contributed by atoms with Crippen molar-refractivity contribution in [3.63, 3.8) is 0 Å². The van der Waals surface area contributed by atoms with E-state index in [-0.39, 0.29) is 6.17 Å². The van der Waals surface area contributed by atoms with Crippen LogP contribution in [0.5, 0.6) is 0 Å². The van der Waals surface area contributed by atoms with Gasteiger partial charge in [0.25, 0.3) is 0 Å². The molecular formula is C24H26N4. The minimum absolute atomic E-state index is 0.0228. The Morgan fingerprint density at radius 3 is 1.57 bits per heavy atom. The van der Waals surface area contributed by atoms with Crippen molar-refractivity contribution in [3.05, 3.63) is 96.6 Å². The maximum absolute atomic E-state index is 4.95. The van der Waals surface area contributed by atoms with Gasteiger partial charge in [-0.05, 0) is 24.3 Å². The van der Waals surface area contributed by atoms with Gasteiger partial charge in [0.15, 0.2) is 0 Å². The van der Waals surface area contributed by atoms with E-state index in [1.165, 1.54) is 11.4 Å². The second-order valence-electron chi connectivity index (χ2n) is 7.13. The molecule has 4 nitrogen and oxygen atoms in total. The molecule has 4 heteroatoms. The van der Waals surface area contributed by atoms with Crippen LogP contribution in [0.2, 0.25) is 0 Å². The van der Waals surface area contributed by atoms with Gasteiger partial charge >= 0.3 is 0 Å². The lowest BCUT2D eigenvalue weighted by Gasteiger charge is -2.34. The fourth-order valence-corrected chi connectivity index (χ4v) is 3.79. The molecule has 1 aliphatic rings. The highest BCUT2D eigenvalue weighted by atomic mass is 15.5. The molecule has 0 amide bonds. The van der Waals surface area contributed by atoms with Crippen LogP contribution >= 0.6 is 0 Å². The summed E-state index contributed by atoms with van der Waals surface area (Å²) in [6.07, 6.45) is 0.0228. The molecule has 1 fully saturated rings. The van der Waals surface area contributed by atoms with Crippen molar-refractivity contribution in [1.82, 2.24) is 5.01 Å². The van der Waals surface area contributed by atoms with Crippen LogP contribution in [0.1, 0.15) is 5.56 Å². The Labute approximate surface area is 167 Å². The Hall–Kier alpha value is -3.27. The normalized spacial score (nSPS) is 15.1. The van der Waals surface area contributed by atoms with Crippen LogP contribution < -0.4 is 9.80 Å². The molecule has 0 radical (unpaired) electrons. The molecule has 4 rings (SSSR count). The number of hydrogen-bond donors (Lipinski definition) is 0. The van der Waals surface area contributed by atoms with Crippen molar-refractivity contribution in [2.75, 3.05) is 37.0 Å². The SMILES string of the molecule is CN(C)N=C(c1ccccc1)C1N(c2ccccc2)CCN1c1ccccc1. The van der Waals surface area contributed by atoms with Gasteiger partial charge in [0, 0.05) is 44.1 Å². The molecule has 0 N–H and O–H groups in total. The first-order valence-electron chi connectivity index (χ1n) is 9.68. The van der Waals surface area contributed by atoms with E-state index in [0.29, 0.717) is 0 Å². The molecule has 142 valence electrons. The van der Waals surface area contributed by atoms with Crippen LogP contribution in [0.3, 0.4) is 0 Å². The summed E-state index contributed by atoms with van der Waals surface area (Å²) in [5.41, 5.74) is 4.63. The molecule has 0 aliphatic carbocycles. The van der Waals surface area contributed by atoms with Crippen LogP contribution in [0.4, 0.5) is 11.4 Å². The van der Waals surface area contributed by atoms with E-state index in [1.54, 1.807) is 0 Å². The van der Waals surface area contributed by atoms with Crippen molar-refractivity contribution in [2.24, 2.45) is 5.10 Å². The summed E-state index contributed by atoms with van der Waals surface area (Å²) in [7, 11) is 3.97. The molecule has 0 saturated carbocycles. The van der Waals surface area contributed by atoms with E-state index in [4.69, 9.17) is 5.10 Å². The molecule has 0 spiro atoms. The van der Waals surface area contributed by atoms with Crippen LogP contribution in [0.25, 0.3) is 0 Å². The third-order valence-electron chi connectivity index (χ3n) is 4.97. The topological polar surface area (TPSA) is 22.1 Å². The fourth-order valence-electron chi connectivity index (χ4n) is 3.79. The monoisotopic (exact) mass is 370 g/mol. The highest BCUT2D eigenvalue weighted by Gasteiger charge is 2.37. The molecule has 0 unspecified atom stereocenters. The van der Waals surface area contributed by atoms with Gasteiger partial charge in [0.2, 0.25) is 0 Å². The average Bonchev–Trinajstić information content (AvgIpc) is 3.18. The zero-order valence-corrected chi connectivity index (χ0v) is 16.4. The largest absolute Gasteiger partial charge is 0.344 e. The van der Waals surface area contributed by atoms with Crippen molar-refractivity contribution >= 4 is 17.1 Å². The lowest BCUT2D eigenvalue weighted by molar-refractivity contribution is 0.435. The Balaban J connectivity index is 1.84. The van der Waals surface area contributed by atoms with E-state index >= 15 is 0 Å². The smallest absolute Gasteiger partial charge is 0.148 e. The predicted octanol–water partition coefficient (Wildman–Crippen LogP) is 4.31. The molecule has 0 bridgehead atoms. The van der Waals surface area contributed by atoms with Gasteiger partial charge < -0.3 is 14.8 Å². The number of benzene rings is 3. The number of hydrogen-bond acceptors (Lipinski definition) is 4. The first kappa shape index (κ1) is 18.1. The number of hydrazone groups is 1. The quantitative estimate of drug-likeness (QED) is 0.494. The Kier molecular flexibility index (Phi) is 5.29. The summed E-state index contributed by atoms with van der Waals surface area (Å²) in [5, 5.41) is 6.84. The van der Waals surface area contributed by atoms with Gasteiger partial charge in [-0.2, -0.15) is 5.10 Å². The predicted molar refractivity (Wildman–Crippen MR) is 118 cm³/mol. The second kappa shape index (κ2) is 8.17. The molecule has 1 saturated heterocycles. The van der Waals surface area contributed by atoms with E-state index in [9.17, 15) is 0 Å². The first-order chi connectivity index (χ1) is 13.7. The van der Waals surface area contributed by atoms with Crippen LogP contribution in [0.15, 0.2) is 96.1 Å². The summed E-state index contributed by atoms with van der Waals surface area (Å²) in [6.45, 7) is 1.89.